The third-order valence-corrected chi connectivity index (χ3v) is 4.33. The molecule has 1 fully saturated rings. The molecule has 0 saturated heterocycles. The first-order valence-electron chi connectivity index (χ1n) is 5.26. The van der Waals surface area contributed by atoms with Crippen molar-refractivity contribution in [2.24, 2.45) is 5.73 Å². The van der Waals surface area contributed by atoms with Gasteiger partial charge in [0.1, 0.15) is 0 Å². The maximum atomic E-state index is 8.79. The van der Waals surface area contributed by atoms with Crippen LogP contribution >= 0.6 is 11.8 Å². The van der Waals surface area contributed by atoms with Gasteiger partial charge in [0.05, 0.1) is 0 Å². The molecule has 78 valence electrons. The summed E-state index contributed by atoms with van der Waals surface area (Å²) >= 11 is 1.97. The molecule has 0 aromatic rings. The first-order valence-corrected chi connectivity index (χ1v) is 6.20. The number of rotatable bonds is 4. The second-order valence-electron chi connectivity index (χ2n) is 3.95. The highest BCUT2D eigenvalue weighted by Gasteiger charge is 2.23. The Morgan fingerprint density at radius 3 is 2.77 bits per heavy atom. The molecule has 1 saturated carbocycles. The van der Waals surface area contributed by atoms with E-state index in [1.54, 1.807) is 0 Å². The Labute approximate surface area is 85.3 Å². The van der Waals surface area contributed by atoms with Crippen molar-refractivity contribution in [3.63, 3.8) is 0 Å². The van der Waals surface area contributed by atoms with Gasteiger partial charge in [0, 0.05) is 23.1 Å². The van der Waals surface area contributed by atoms with Crippen LogP contribution in [0.15, 0.2) is 0 Å². The second-order valence-corrected chi connectivity index (χ2v) is 5.63. The zero-order valence-electron chi connectivity index (χ0n) is 8.41. The summed E-state index contributed by atoms with van der Waals surface area (Å²) in [4.78, 5) is 0. The fraction of sp³-hybridized carbons (Fsp3) is 1.00. The van der Waals surface area contributed by atoms with E-state index in [-0.39, 0.29) is 0 Å². The highest BCUT2D eigenvalue weighted by atomic mass is 32.2. The Bertz CT molecular complexity index is 143. The third kappa shape index (κ3) is 3.88. The minimum Gasteiger partial charge on any atom is -0.396 e. The van der Waals surface area contributed by atoms with E-state index in [0.717, 1.165) is 6.42 Å². The normalized spacial score (nSPS) is 31.6. The van der Waals surface area contributed by atoms with Crippen LogP contribution in [0.3, 0.4) is 0 Å². The van der Waals surface area contributed by atoms with Crippen molar-refractivity contribution in [1.82, 2.24) is 0 Å². The molecule has 0 aromatic carbocycles. The average Bonchev–Trinajstić information content (AvgIpc) is 2.09. The number of aliphatic hydroxyl groups excluding tert-OH is 1. The summed E-state index contributed by atoms with van der Waals surface area (Å²) in [6, 6.07) is 0.389. The van der Waals surface area contributed by atoms with Crippen molar-refractivity contribution in [2.45, 2.75) is 55.6 Å². The molecule has 3 unspecified atom stereocenters. The fourth-order valence-electron chi connectivity index (χ4n) is 1.84. The lowest BCUT2D eigenvalue weighted by Crippen LogP contribution is -2.36. The lowest BCUT2D eigenvalue weighted by Gasteiger charge is -2.30. The van der Waals surface area contributed by atoms with Crippen molar-refractivity contribution in [3.05, 3.63) is 0 Å². The standard InChI is InChI=1S/C10H21NOS/c1-8(6-7-12)13-10-5-3-2-4-9(10)11/h8-10,12H,2-7,11H2,1H3. The van der Waals surface area contributed by atoms with Gasteiger partial charge in [0.25, 0.3) is 0 Å². The van der Waals surface area contributed by atoms with E-state index in [1.807, 2.05) is 11.8 Å². The first-order chi connectivity index (χ1) is 6.24. The number of aliphatic hydroxyl groups is 1. The molecule has 3 heteroatoms. The average molecular weight is 203 g/mol. The van der Waals surface area contributed by atoms with Crippen molar-refractivity contribution >= 4 is 11.8 Å². The Kier molecular flexibility index (Phi) is 5.14. The summed E-state index contributed by atoms with van der Waals surface area (Å²) in [5, 5.41) is 9.98. The third-order valence-electron chi connectivity index (χ3n) is 2.70. The summed E-state index contributed by atoms with van der Waals surface area (Å²) in [7, 11) is 0. The molecular weight excluding hydrogens is 182 g/mol. The summed E-state index contributed by atoms with van der Waals surface area (Å²) in [6.07, 6.45) is 5.98. The Hall–Kier alpha value is 0.270. The first kappa shape index (κ1) is 11.3. The molecular formula is C10H21NOS. The van der Waals surface area contributed by atoms with E-state index >= 15 is 0 Å². The van der Waals surface area contributed by atoms with E-state index in [1.165, 1.54) is 25.7 Å². The maximum Gasteiger partial charge on any atom is 0.0441 e. The molecule has 13 heavy (non-hydrogen) atoms. The molecule has 0 radical (unpaired) electrons. The van der Waals surface area contributed by atoms with Crippen LogP contribution in [0, 0.1) is 0 Å². The van der Waals surface area contributed by atoms with Gasteiger partial charge in [-0.3, -0.25) is 0 Å². The van der Waals surface area contributed by atoms with E-state index in [2.05, 4.69) is 6.92 Å². The topological polar surface area (TPSA) is 46.2 Å². The summed E-state index contributed by atoms with van der Waals surface area (Å²) in [6.45, 7) is 2.48. The van der Waals surface area contributed by atoms with Gasteiger partial charge in [0.15, 0.2) is 0 Å². The molecule has 0 heterocycles. The van der Waals surface area contributed by atoms with Crippen LogP contribution in [0.25, 0.3) is 0 Å². The van der Waals surface area contributed by atoms with Crippen LogP contribution in [0.1, 0.15) is 39.0 Å². The van der Waals surface area contributed by atoms with Crippen molar-refractivity contribution in [3.8, 4) is 0 Å². The van der Waals surface area contributed by atoms with Gasteiger partial charge in [0.2, 0.25) is 0 Å². The van der Waals surface area contributed by atoms with Gasteiger partial charge in [-0.25, -0.2) is 0 Å². The predicted molar refractivity (Wildman–Crippen MR) is 59.0 cm³/mol. The summed E-state index contributed by atoms with van der Waals surface area (Å²) in [5.74, 6) is 0. The zero-order valence-corrected chi connectivity index (χ0v) is 9.22. The molecule has 1 aliphatic rings. The minimum absolute atomic E-state index is 0.302. The summed E-state index contributed by atoms with van der Waals surface area (Å²) in [5.41, 5.74) is 6.04. The highest BCUT2D eigenvalue weighted by Crippen LogP contribution is 2.31. The predicted octanol–water partition coefficient (Wildman–Crippen LogP) is 1.76. The lowest BCUT2D eigenvalue weighted by molar-refractivity contribution is 0.288. The van der Waals surface area contributed by atoms with E-state index in [9.17, 15) is 0 Å². The number of thioether (sulfide) groups is 1. The van der Waals surface area contributed by atoms with Crippen LogP contribution in [-0.4, -0.2) is 28.3 Å². The smallest absolute Gasteiger partial charge is 0.0441 e. The van der Waals surface area contributed by atoms with Gasteiger partial charge < -0.3 is 10.8 Å². The molecule has 0 spiro atoms. The largest absolute Gasteiger partial charge is 0.396 e. The minimum atomic E-state index is 0.302. The molecule has 0 amide bonds. The fourth-order valence-corrected chi connectivity index (χ4v) is 3.32. The SMILES string of the molecule is CC(CCO)SC1CCCCC1N. The molecule has 1 rings (SSSR count). The number of hydrogen-bond acceptors (Lipinski definition) is 3. The van der Waals surface area contributed by atoms with Gasteiger partial charge >= 0.3 is 0 Å². The van der Waals surface area contributed by atoms with Crippen LogP contribution in [0.4, 0.5) is 0 Å². The number of nitrogens with two attached hydrogens (primary N) is 1. The van der Waals surface area contributed by atoms with Gasteiger partial charge in [-0.2, -0.15) is 11.8 Å². The second kappa shape index (κ2) is 5.89. The van der Waals surface area contributed by atoms with E-state index < -0.39 is 0 Å². The molecule has 3 N–H and O–H groups in total. The Morgan fingerprint density at radius 2 is 2.15 bits per heavy atom. The van der Waals surface area contributed by atoms with E-state index in [0.29, 0.717) is 23.1 Å². The Balaban J connectivity index is 2.25. The highest BCUT2D eigenvalue weighted by molar-refractivity contribution is 8.00. The molecule has 2 nitrogen and oxygen atoms in total. The maximum absolute atomic E-state index is 8.79. The van der Waals surface area contributed by atoms with Crippen LogP contribution < -0.4 is 5.73 Å². The van der Waals surface area contributed by atoms with Crippen molar-refractivity contribution < 1.29 is 5.11 Å². The quantitative estimate of drug-likeness (QED) is 0.732. The molecule has 0 aliphatic heterocycles. The van der Waals surface area contributed by atoms with Crippen LogP contribution in [0.2, 0.25) is 0 Å². The lowest BCUT2D eigenvalue weighted by atomic mass is 9.96. The van der Waals surface area contributed by atoms with Gasteiger partial charge in [-0.15, -0.1) is 0 Å². The van der Waals surface area contributed by atoms with E-state index in [4.69, 9.17) is 10.8 Å². The Morgan fingerprint density at radius 1 is 1.46 bits per heavy atom. The molecule has 0 bridgehead atoms. The molecule has 0 aromatic heterocycles. The number of hydrogen-bond donors (Lipinski definition) is 2. The zero-order chi connectivity index (χ0) is 9.68. The molecule has 3 atom stereocenters. The molecule has 1 aliphatic carbocycles. The summed E-state index contributed by atoms with van der Waals surface area (Å²) < 4.78 is 0. The van der Waals surface area contributed by atoms with Gasteiger partial charge in [-0.1, -0.05) is 19.8 Å². The van der Waals surface area contributed by atoms with Crippen molar-refractivity contribution in [1.29, 1.82) is 0 Å². The van der Waals surface area contributed by atoms with Crippen LogP contribution in [0.5, 0.6) is 0 Å². The van der Waals surface area contributed by atoms with Crippen LogP contribution in [-0.2, 0) is 0 Å². The van der Waals surface area contributed by atoms with Crippen molar-refractivity contribution in [2.75, 3.05) is 6.61 Å². The monoisotopic (exact) mass is 203 g/mol. The van der Waals surface area contributed by atoms with Gasteiger partial charge in [-0.05, 0) is 19.3 Å².